The fourth-order valence-electron chi connectivity index (χ4n) is 3.44. The van der Waals surface area contributed by atoms with Crippen molar-refractivity contribution in [1.29, 1.82) is 0 Å². The third-order valence-electron chi connectivity index (χ3n) is 5.01. The van der Waals surface area contributed by atoms with Gasteiger partial charge >= 0.3 is 0 Å². The third kappa shape index (κ3) is 4.94. The second-order valence-corrected chi connectivity index (χ2v) is 6.97. The predicted octanol–water partition coefficient (Wildman–Crippen LogP) is 3.76. The van der Waals surface area contributed by atoms with Gasteiger partial charge in [-0.2, -0.15) is 0 Å². The highest BCUT2D eigenvalue weighted by Crippen LogP contribution is 2.15. The molecule has 1 aliphatic heterocycles. The molecule has 0 N–H and O–H groups in total. The minimum atomic E-state index is -0.0978. The second-order valence-electron chi connectivity index (χ2n) is 6.97. The van der Waals surface area contributed by atoms with Crippen molar-refractivity contribution in [1.82, 2.24) is 14.8 Å². The highest BCUT2D eigenvalue weighted by Gasteiger charge is 2.20. The summed E-state index contributed by atoms with van der Waals surface area (Å²) in [6.45, 7) is 4.66. The number of carbonyl (C=O) groups is 2. The highest BCUT2D eigenvalue weighted by molar-refractivity contribution is 5.99. The first kappa shape index (κ1) is 19.1. The zero-order valence-corrected chi connectivity index (χ0v) is 15.9. The van der Waals surface area contributed by atoms with Gasteiger partial charge in [-0.3, -0.25) is 14.6 Å². The van der Waals surface area contributed by atoms with Crippen molar-refractivity contribution >= 4 is 11.8 Å². The van der Waals surface area contributed by atoms with E-state index in [2.05, 4.69) is 4.98 Å². The molecule has 1 fully saturated rings. The molecule has 1 aliphatic rings. The maximum atomic E-state index is 12.9. The van der Waals surface area contributed by atoms with Gasteiger partial charge in [0.05, 0.1) is 11.1 Å². The summed E-state index contributed by atoms with van der Waals surface area (Å²) in [5, 5.41) is 0. The Labute approximate surface area is 161 Å². The minimum Gasteiger partial charge on any atom is -0.339 e. The van der Waals surface area contributed by atoms with Crippen molar-refractivity contribution in [2.75, 3.05) is 19.6 Å². The minimum absolute atomic E-state index is 0.0230. The van der Waals surface area contributed by atoms with Crippen LogP contribution in [0.1, 0.15) is 58.9 Å². The number of amides is 2. The van der Waals surface area contributed by atoms with E-state index in [-0.39, 0.29) is 11.8 Å². The Morgan fingerprint density at radius 2 is 1.67 bits per heavy atom. The van der Waals surface area contributed by atoms with Crippen LogP contribution in [0.4, 0.5) is 0 Å². The lowest BCUT2D eigenvalue weighted by atomic mass is 10.1. The molecule has 0 bridgehead atoms. The molecule has 1 aromatic heterocycles. The van der Waals surface area contributed by atoms with Gasteiger partial charge in [-0.05, 0) is 31.4 Å². The molecule has 0 radical (unpaired) electrons. The van der Waals surface area contributed by atoms with Gasteiger partial charge in [0.15, 0.2) is 0 Å². The number of hydrogen-bond donors (Lipinski definition) is 0. The van der Waals surface area contributed by atoms with E-state index in [1.165, 1.54) is 12.8 Å². The van der Waals surface area contributed by atoms with Crippen LogP contribution < -0.4 is 0 Å². The van der Waals surface area contributed by atoms with Gasteiger partial charge in [-0.25, -0.2) is 0 Å². The Morgan fingerprint density at radius 3 is 2.33 bits per heavy atom. The molecule has 142 valence electrons. The normalized spacial score (nSPS) is 14.5. The van der Waals surface area contributed by atoms with E-state index in [1.54, 1.807) is 23.4 Å². The van der Waals surface area contributed by atoms with Crippen LogP contribution in [-0.4, -0.2) is 46.2 Å². The molecule has 5 heteroatoms. The van der Waals surface area contributed by atoms with Gasteiger partial charge in [0.25, 0.3) is 11.8 Å². The second kappa shape index (κ2) is 9.31. The van der Waals surface area contributed by atoms with Gasteiger partial charge in [-0.1, -0.05) is 43.2 Å². The number of benzene rings is 1. The van der Waals surface area contributed by atoms with E-state index in [0.717, 1.165) is 31.5 Å². The number of nitrogens with zero attached hydrogens (tertiary/aromatic N) is 3. The first-order chi connectivity index (χ1) is 13.2. The smallest absolute Gasteiger partial charge is 0.255 e. The number of aromatic nitrogens is 1. The lowest BCUT2D eigenvalue weighted by molar-refractivity contribution is 0.0751. The van der Waals surface area contributed by atoms with Crippen LogP contribution in [0.5, 0.6) is 0 Å². The largest absolute Gasteiger partial charge is 0.339 e. The molecular formula is C22H27N3O2. The summed E-state index contributed by atoms with van der Waals surface area (Å²) in [4.78, 5) is 33.6. The molecule has 1 aromatic carbocycles. The molecule has 0 aliphatic carbocycles. The number of pyridine rings is 1. The molecule has 0 saturated carbocycles. The summed E-state index contributed by atoms with van der Waals surface area (Å²) in [6.07, 6.45) is 7.54. The molecule has 27 heavy (non-hydrogen) atoms. The van der Waals surface area contributed by atoms with E-state index >= 15 is 0 Å². The average molecular weight is 365 g/mol. The molecular weight excluding hydrogens is 338 g/mol. The monoisotopic (exact) mass is 365 g/mol. The SMILES string of the molecule is CCN(Cc1ccccc1)C(=O)c1cncc(C(=O)N2CCCCCC2)c1. The topological polar surface area (TPSA) is 53.5 Å². The molecule has 1 saturated heterocycles. The van der Waals surface area contributed by atoms with Crippen LogP contribution in [-0.2, 0) is 6.54 Å². The Bertz CT molecular complexity index is 768. The molecule has 2 amide bonds. The van der Waals surface area contributed by atoms with Crippen molar-refractivity contribution in [3.8, 4) is 0 Å². The van der Waals surface area contributed by atoms with Crippen LogP contribution in [0, 0.1) is 0 Å². The molecule has 0 unspecified atom stereocenters. The summed E-state index contributed by atoms with van der Waals surface area (Å²) in [7, 11) is 0. The van der Waals surface area contributed by atoms with Crippen LogP contribution in [0.25, 0.3) is 0 Å². The number of carbonyl (C=O) groups excluding carboxylic acids is 2. The van der Waals surface area contributed by atoms with Crippen LogP contribution in [0.3, 0.4) is 0 Å². The van der Waals surface area contributed by atoms with Crippen molar-refractivity contribution in [3.05, 3.63) is 65.5 Å². The molecule has 5 nitrogen and oxygen atoms in total. The molecule has 3 rings (SSSR count). The fraction of sp³-hybridized carbons (Fsp3) is 0.409. The van der Waals surface area contributed by atoms with Gasteiger partial charge in [0.1, 0.15) is 0 Å². The van der Waals surface area contributed by atoms with Gasteiger partial charge in [-0.15, -0.1) is 0 Å². The Balaban J connectivity index is 1.75. The van der Waals surface area contributed by atoms with E-state index in [4.69, 9.17) is 0 Å². The zero-order chi connectivity index (χ0) is 19.1. The van der Waals surface area contributed by atoms with Gasteiger partial charge in [0.2, 0.25) is 0 Å². The number of likely N-dealkylation sites (tertiary alicyclic amines) is 1. The van der Waals surface area contributed by atoms with Crippen molar-refractivity contribution < 1.29 is 9.59 Å². The highest BCUT2D eigenvalue weighted by atomic mass is 16.2. The molecule has 0 atom stereocenters. The Hall–Kier alpha value is -2.69. The summed E-state index contributed by atoms with van der Waals surface area (Å²) >= 11 is 0. The van der Waals surface area contributed by atoms with Crippen molar-refractivity contribution in [3.63, 3.8) is 0 Å². The Kier molecular flexibility index (Phi) is 6.58. The molecule has 2 heterocycles. The first-order valence-electron chi connectivity index (χ1n) is 9.76. The zero-order valence-electron chi connectivity index (χ0n) is 15.9. The first-order valence-corrected chi connectivity index (χ1v) is 9.76. The fourth-order valence-corrected chi connectivity index (χ4v) is 3.44. The third-order valence-corrected chi connectivity index (χ3v) is 5.01. The molecule has 0 spiro atoms. The van der Waals surface area contributed by atoms with Crippen LogP contribution in [0.2, 0.25) is 0 Å². The summed E-state index contributed by atoms with van der Waals surface area (Å²) in [6, 6.07) is 11.6. The van der Waals surface area contributed by atoms with Crippen LogP contribution >= 0.6 is 0 Å². The standard InChI is InChI=1S/C22H27N3O2/c1-2-24(17-18-10-6-5-7-11-18)21(26)19-14-20(16-23-15-19)22(27)25-12-8-3-4-9-13-25/h5-7,10-11,14-16H,2-4,8-9,12-13,17H2,1H3. The Morgan fingerprint density at radius 1 is 1.00 bits per heavy atom. The maximum absolute atomic E-state index is 12.9. The number of hydrogen-bond acceptors (Lipinski definition) is 3. The van der Waals surface area contributed by atoms with Gasteiger partial charge in [0, 0.05) is 38.6 Å². The lowest BCUT2D eigenvalue weighted by Crippen LogP contribution is -2.33. The van der Waals surface area contributed by atoms with Crippen LogP contribution in [0.15, 0.2) is 48.8 Å². The summed E-state index contributed by atoms with van der Waals surface area (Å²) in [5.41, 5.74) is 2.05. The summed E-state index contributed by atoms with van der Waals surface area (Å²) in [5.74, 6) is -0.121. The summed E-state index contributed by atoms with van der Waals surface area (Å²) < 4.78 is 0. The average Bonchev–Trinajstić information content (AvgIpc) is 3.01. The predicted molar refractivity (Wildman–Crippen MR) is 105 cm³/mol. The van der Waals surface area contributed by atoms with Gasteiger partial charge < -0.3 is 9.80 Å². The van der Waals surface area contributed by atoms with E-state index in [0.29, 0.717) is 24.2 Å². The number of rotatable bonds is 5. The van der Waals surface area contributed by atoms with E-state index in [1.807, 2.05) is 42.2 Å². The van der Waals surface area contributed by atoms with E-state index in [9.17, 15) is 9.59 Å². The maximum Gasteiger partial charge on any atom is 0.255 e. The van der Waals surface area contributed by atoms with E-state index < -0.39 is 0 Å². The molecule has 2 aromatic rings. The quantitative estimate of drug-likeness (QED) is 0.811. The van der Waals surface area contributed by atoms with Crippen molar-refractivity contribution in [2.45, 2.75) is 39.2 Å². The lowest BCUT2D eigenvalue weighted by Gasteiger charge is -2.22. The van der Waals surface area contributed by atoms with Crippen molar-refractivity contribution in [2.24, 2.45) is 0 Å².